The molecule has 0 bridgehead atoms. The highest BCUT2D eigenvalue weighted by Crippen LogP contribution is 2.26. The van der Waals surface area contributed by atoms with Gasteiger partial charge in [-0.05, 0) is 45.8 Å². The van der Waals surface area contributed by atoms with Gasteiger partial charge in [-0.2, -0.15) is 0 Å². The molecule has 0 radical (unpaired) electrons. The van der Waals surface area contributed by atoms with Crippen molar-refractivity contribution in [3.05, 3.63) is 0 Å². The van der Waals surface area contributed by atoms with Gasteiger partial charge in [-0.15, -0.1) is 0 Å². The number of hydrogen-bond acceptors (Lipinski definition) is 2. The van der Waals surface area contributed by atoms with Crippen LogP contribution in [-0.2, 0) is 0 Å². The molecule has 1 aliphatic carbocycles. The van der Waals surface area contributed by atoms with E-state index in [0.29, 0.717) is 6.04 Å². The predicted octanol–water partition coefficient (Wildman–Crippen LogP) is 3.28. The van der Waals surface area contributed by atoms with Gasteiger partial charge in [0.2, 0.25) is 0 Å². The lowest BCUT2D eigenvalue weighted by Gasteiger charge is -2.33. The Morgan fingerprint density at radius 2 is 1.88 bits per heavy atom. The van der Waals surface area contributed by atoms with E-state index in [-0.39, 0.29) is 0 Å². The standard InChI is InChI=1S/C15H32N2/c1-4-5-9-12-17(3)13-15(16-2)14-10-7-6-8-11-14/h14-16H,4-13H2,1-3H3. The van der Waals surface area contributed by atoms with Gasteiger partial charge in [-0.1, -0.05) is 39.0 Å². The maximum atomic E-state index is 3.55. The van der Waals surface area contributed by atoms with E-state index >= 15 is 0 Å². The molecule has 0 aromatic rings. The Morgan fingerprint density at radius 3 is 2.47 bits per heavy atom. The lowest BCUT2D eigenvalue weighted by Crippen LogP contribution is -2.43. The van der Waals surface area contributed by atoms with E-state index in [2.05, 4.69) is 31.2 Å². The van der Waals surface area contributed by atoms with Crippen LogP contribution in [0.15, 0.2) is 0 Å². The zero-order valence-electron chi connectivity index (χ0n) is 12.2. The molecule has 1 unspecified atom stereocenters. The zero-order valence-corrected chi connectivity index (χ0v) is 12.2. The summed E-state index contributed by atoms with van der Waals surface area (Å²) >= 11 is 0. The Balaban J connectivity index is 2.24. The van der Waals surface area contributed by atoms with Gasteiger partial charge in [0.15, 0.2) is 0 Å². The van der Waals surface area contributed by atoms with Crippen molar-refractivity contribution in [2.75, 3.05) is 27.2 Å². The van der Waals surface area contributed by atoms with Crippen molar-refractivity contribution in [3.8, 4) is 0 Å². The van der Waals surface area contributed by atoms with Gasteiger partial charge in [-0.25, -0.2) is 0 Å². The number of likely N-dealkylation sites (N-methyl/N-ethyl adjacent to an activating group) is 2. The van der Waals surface area contributed by atoms with Gasteiger partial charge >= 0.3 is 0 Å². The Labute approximate surface area is 108 Å². The average molecular weight is 240 g/mol. The molecular formula is C15H32N2. The second-order valence-electron chi connectivity index (χ2n) is 5.76. The van der Waals surface area contributed by atoms with Crippen molar-refractivity contribution in [1.29, 1.82) is 0 Å². The van der Waals surface area contributed by atoms with E-state index in [0.717, 1.165) is 5.92 Å². The molecule has 1 N–H and O–H groups in total. The third-order valence-electron chi connectivity index (χ3n) is 4.24. The smallest absolute Gasteiger partial charge is 0.0220 e. The fraction of sp³-hybridized carbons (Fsp3) is 1.00. The molecule has 0 aliphatic heterocycles. The first-order valence-electron chi connectivity index (χ1n) is 7.63. The quantitative estimate of drug-likeness (QED) is 0.655. The molecule has 1 atom stereocenters. The van der Waals surface area contributed by atoms with E-state index in [1.807, 2.05) is 0 Å². The molecule has 0 spiro atoms. The highest BCUT2D eigenvalue weighted by atomic mass is 15.1. The number of nitrogens with one attached hydrogen (secondary N) is 1. The molecule has 1 saturated carbocycles. The lowest BCUT2D eigenvalue weighted by atomic mass is 9.83. The fourth-order valence-electron chi connectivity index (χ4n) is 3.07. The van der Waals surface area contributed by atoms with Gasteiger partial charge in [0.25, 0.3) is 0 Å². The van der Waals surface area contributed by atoms with Crippen LogP contribution in [0.4, 0.5) is 0 Å². The lowest BCUT2D eigenvalue weighted by molar-refractivity contribution is 0.210. The molecule has 1 aliphatic rings. The molecule has 17 heavy (non-hydrogen) atoms. The number of hydrogen-bond donors (Lipinski definition) is 1. The first-order chi connectivity index (χ1) is 8.27. The fourth-order valence-corrected chi connectivity index (χ4v) is 3.07. The van der Waals surface area contributed by atoms with Gasteiger partial charge in [0.1, 0.15) is 0 Å². The third kappa shape index (κ3) is 5.87. The van der Waals surface area contributed by atoms with E-state index < -0.39 is 0 Å². The molecule has 102 valence electrons. The van der Waals surface area contributed by atoms with E-state index in [1.165, 1.54) is 64.5 Å². The minimum atomic E-state index is 0.710. The van der Waals surface area contributed by atoms with Crippen LogP contribution >= 0.6 is 0 Å². The Bertz CT molecular complexity index is 176. The summed E-state index contributed by atoms with van der Waals surface area (Å²) < 4.78 is 0. The van der Waals surface area contributed by atoms with Crippen molar-refractivity contribution < 1.29 is 0 Å². The molecule has 0 heterocycles. The van der Waals surface area contributed by atoms with Crippen LogP contribution in [0.2, 0.25) is 0 Å². The predicted molar refractivity (Wildman–Crippen MR) is 76.4 cm³/mol. The maximum absolute atomic E-state index is 3.55. The van der Waals surface area contributed by atoms with Gasteiger partial charge < -0.3 is 10.2 Å². The van der Waals surface area contributed by atoms with Crippen LogP contribution < -0.4 is 5.32 Å². The first-order valence-corrected chi connectivity index (χ1v) is 7.63. The topological polar surface area (TPSA) is 15.3 Å². The van der Waals surface area contributed by atoms with Crippen LogP contribution in [0.1, 0.15) is 58.3 Å². The van der Waals surface area contributed by atoms with E-state index in [1.54, 1.807) is 0 Å². The number of rotatable bonds is 8. The monoisotopic (exact) mass is 240 g/mol. The normalized spacial score (nSPS) is 19.8. The van der Waals surface area contributed by atoms with Crippen LogP contribution in [0.25, 0.3) is 0 Å². The number of nitrogens with zero attached hydrogens (tertiary/aromatic N) is 1. The highest BCUT2D eigenvalue weighted by molar-refractivity contribution is 4.80. The Kier molecular flexibility index (Phi) is 7.87. The number of unbranched alkanes of at least 4 members (excludes halogenated alkanes) is 2. The summed E-state index contributed by atoms with van der Waals surface area (Å²) in [5.74, 6) is 0.919. The summed E-state index contributed by atoms with van der Waals surface area (Å²) in [7, 11) is 4.42. The molecule has 2 heteroatoms. The maximum Gasteiger partial charge on any atom is 0.0220 e. The SMILES string of the molecule is CCCCCN(C)CC(NC)C1CCCCC1. The van der Waals surface area contributed by atoms with Gasteiger partial charge in [0.05, 0.1) is 0 Å². The molecular weight excluding hydrogens is 208 g/mol. The first kappa shape index (κ1) is 15.0. The summed E-state index contributed by atoms with van der Waals surface area (Å²) in [4.78, 5) is 2.52. The van der Waals surface area contributed by atoms with Crippen LogP contribution in [0.3, 0.4) is 0 Å². The van der Waals surface area contributed by atoms with Crippen LogP contribution in [-0.4, -0.2) is 38.1 Å². The summed E-state index contributed by atoms with van der Waals surface area (Å²) in [5.41, 5.74) is 0. The second kappa shape index (κ2) is 8.93. The molecule has 0 amide bonds. The summed E-state index contributed by atoms with van der Waals surface area (Å²) in [6.07, 6.45) is 11.3. The summed E-state index contributed by atoms with van der Waals surface area (Å²) in [6.45, 7) is 4.77. The summed E-state index contributed by atoms with van der Waals surface area (Å²) in [5, 5.41) is 3.55. The molecule has 0 aromatic heterocycles. The molecule has 2 nitrogen and oxygen atoms in total. The molecule has 0 aromatic carbocycles. The van der Waals surface area contributed by atoms with Crippen molar-refractivity contribution in [2.45, 2.75) is 64.3 Å². The minimum Gasteiger partial charge on any atom is -0.315 e. The van der Waals surface area contributed by atoms with Crippen molar-refractivity contribution in [3.63, 3.8) is 0 Å². The largest absolute Gasteiger partial charge is 0.315 e. The minimum absolute atomic E-state index is 0.710. The van der Waals surface area contributed by atoms with E-state index in [9.17, 15) is 0 Å². The summed E-state index contributed by atoms with van der Waals surface area (Å²) in [6, 6.07) is 0.710. The highest BCUT2D eigenvalue weighted by Gasteiger charge is 2.23. The molecule has 0 saturated heterocycles. The molecule has 1 fully saturated rings. The van der Waals surface area contributed by atoms with Crippen molar-refractivity contribution in [2.24, 2.45) is 5.92 Å². The van der Waals surface area contributed by atoms with Crippen LogP contribution in [0.5, 0.6) is 0 Å². The zero-order chi connectivity index (χ0) is 12.5. The Morgan fingerprint density at radius 1 is 1.18 bits per heavy atom. The van der Waals surface area contributed by atoms with E-state index in [4.69, 9.17) is 0 Å². The van der Waals surface area contributed by atoms with Gasteiger partial charge in [-0.3, -0.25) is 0 Å². The van der Waals surface area contributed by atoms with Crippen LogP contribution in [0, 0.1) is 5.92 Å². The Hall–Kier alpha value is -0.0800. The van der Waals surface area contributed by atoms with Crippen molar-refractivity contribution >= 4 is 0 Å². The van der Waals surface area contributed by atoms with Gasteiger partial charge in [0, 0.05) is 12.6 Å². The third-order valence-corrected chi connectivity index (χ3v) is 4.24. The van der Waals surface area contributed by atoms with Crippen molar-refractivity contribution in [1.82, 2.24) is 10.2 Å². The second-order valence-corrected chi connectivity index (χ2v) is 5.76. The average Bonchev–Trinajstić information content (AvgIpc) is 2.37. The molecule has 1 rings (SSSR count).